The van der Waals surface area contributed by atoms with Gasteiger partial charge in [-0.1, -0.05) is 0 Å². The van der Waals surface area contributed by atoms with Gasteiger partial charge >= 0.3 is 0 Å². The number of nitrogens with one attached hydrogen (secondary N) is 2. The Morgan fingerprint density at radius 2 is 1.83 bits per heavy atom. The van der Waals surface area contributed by atoms with E-state index in [1.54, 1.807) is 25.1 Å². The number of ketones is 2. The van der Waals surface area contributed by atoms with Crippen molar-refractivity contribution in [1.29, 1.82) is 0 Å². The van der Waals surface area contributed by atoms with Crippen molar-refractivity contribution in [2.24, 2.45) is 11.8 Å². The molecule has 192 valence electrons. The lowest BCUT2D eigenvalue weighted by molar-refractivity contribution is -0.147. The van der Waals surface area contributed by atoms with Crippen LogP contribution in [0, 0.1) is 11.8 Å². The maximum atomic E-state index is 13.6. The van der Waals surface area contributed by atoms with Crippen LogP contribution >= 0.6 is 11.6 Å². The van der Waals surface area contributed by atoms with Crippen LogP contribution in [0.2, 0.25) is 0 Å². The fraction of sp³-hybridized carbons (Fsp3) is 0.417. The summed E-state index contributed by atoms with van der Waals surface area (Å²) < 4.78 is 0. The minimum atomic E-state index is -2.62. The van der Waals surface area contributed by atoms with E-state index >= 15 is 0 Å². The lowest BCUT2D eigenvalue weighted by atomic mass is 9.59. The molecule has 12 heteroatoms. The summed E-state index contributed by atoms with van der Waals surface area (Å²) in [6, 6.07) is 3.07. The molecule has 4 rings (SSSR count). The molecule has 0 saturated heterocycles. The molecule has 0 spiro atoms. The third kappa shape index (κ3) is 3.79. The molecule has 1 fully saturated rings. The van der Waals surface area contributed by atoms with Gasteiger partial charge < -0.3 is 36.0 Å². The third-order valence-electron chi connectivity index (χ3n) is 7.04. The first-order chi connectivity index (χ1) is 16.9. The molecular formula is C24H26ClN3O8. The zero-order valence-electron chi connectivity index (χ0n) is 19.6. The summed E-state index contributed by atoms with van der Waals surface area (Å²) in [7, 11) is 3.59. The molecule has 36 heavy (non-hydrogen) atoms. The largest absolute Gasteiger partial charge is 0.508 e. The minimum absolute atomic E-state index is 0.0613. The third-order valence-corrected chi connectivity index (χ3v) is 7.28. The molecule has 11 nitrogen and oxygen atoms in total. The number of carbonyl (C=O) groups excluding carboxylic acids is 4. The van der Waals surface area contributed by atoms with Crippen molar-refractivity contribution in [3.63, 3.8) is 0 Å². The Labute approximate surface area is 211 Å². The first-order valence-electron chi connectivity index (χ1n) is 11.2. The molecule has 1 aromatic carbocycles. The van der Waals surface area contributed by atoms with Crippen LogP contribution in [0.25, 0.3) is 5.76 Å². The van der Waals surface area contributed by atoms with Crippen LogP contribution in [0.5, 0.6) is 5.75 Å². The molecule has 3 atom stereocenters. The molecule has 0 unspecified atom stereocenters. The SMILES string of the molecule is CN(C)c1ccc(O)c2c1C[C@H]1C[C@H]3CC(=O)C(C(=O)NCNC(=O)CCl)=C(O)[C@@]3(O)C(=O)C1=C2O. The van der Waals surface area contributed by atoms with E-state index in [0.29, 0.717) is 5.56 Å². The average molecular weight is 520 g/mol. The minimum Gasteiger partial charge on any atom is -0.508 e. The molecule has 0 aromatic heterocycles. The number of carbonyl (C=O) groups is 4. The second-order valence-corrected chi connectivity index (χ2v) is 9.58. The van der Waals surface area contributed by atoms with E-state index in [2.05, 4.69) is 10.6 Å². The van der Waals surface area contributed by atoms with Gasteiger partial charge in [0.25, 0.3) is 5.91 Å². The lowest BCUT2D eigenvalue weighted by Crippen LogP contribution is -2.58. The van der Waals surface area contributed by atoms with Crippen molar-refractivity contribution in [3.05, 3.63) is 40.2 Å². The van der Waals surface area contributed by atoms with Crippen LogP contribution in [0.4, 0.5) is 5.69 Å². The highest BCUT2D eigenvalue weighted by Crippen LogP contribution is 2.52. The van der Waals surface area contributed by atoms with Crippen molar-refractivity contribution in [3.8, 4) is 5.75 Å². The highest BCUT2D eigenvalue weighted by molar-refractivity contribution is 6.27. The number of phenols is 1. The number of anilines is 1. The van der Waals surface area contributed by atoms with Gasteiger partial charge in [-0.3, -0.25) is 19.2 Å². The van der Waals surface area contributed by atoms with E-state index in [0.717, 1.165) is 5.69 Å². The van der Waals surface area contributed by atoms with Crippen LogP contribution in [-0.4, -0.2) is 76.1 Å². The van der Waals surface area contributed by atoms with E-state index in [4.69, 9.17) is 11.6 Å². The number of nitrogens with zero attached hydrogens (tertiary/aromatic N) is 1. The van der Waals surface area contributed by atoms with Gasteiger partial charge in [-0.15, -0.1) is 11.6 Å². The molecule has 1 aromatic rings. The highest BCUT2D eigenvalue weighted by atomic mass is 35.5. The van der Waals surface area contributed by atoms with Gasteiger partial charge in [-0.2, -0.15) is 0 Å². The van der Waals surface area contributed by atoms with E-state index in [1.807, 2.05) is 0 Å². The monoisotopic (exact) mass is 519 g/mol. The van der Waals surface area contributed by atoms with Crippen molar-refractivity contribution in [1.82, 2.24) is 10.6 Å². The van der Waals surface area contributed by atoms with E-state index < -0.39 is 64.6 Å². The number of benzene rings is 1. The smallest absolute Gasteiger partial charge is 0.259 e. The molecule has 0 bridgehead atoms. The molecule has 6 N–H and O–H groups in total. The Bertz CT molecular complexity index is 1250. The summed E-state index contributed by atoms with van der Waals surface area (Å²) in [6.45, 7) is -0.400. The number of aromatic hydroxyl groups is 1. The summed E-state index contributed by atoms with van der Waals surface area (Å²) >= 11 is 5.36. The number of amides is 2. The quantitative estimate of drug-likeness (QED) is 0.183. The van der Waals surface area contributed by atoms with Gasteiger partial charge in [-0.05, 0) is 36.5 Å². The Hall–Kier alpha value is -3.57. The van der Waals surface area contributed by atoms with E-state index in [-0.39, 0.29) is 42.0 Å². The zero-order chi connectivity index (χ0) is 26.5. The maximum absolute atomic E-state index is 13.6. The number of aliphatic hydroxyl groups is 3. The number of hydrogen-bond donors (Lipinski definition) is 6. The van der Waals surface area contributed by atoms with Crippen molar-refractivity contribution in [2.75, 3.05) is 31.5 Å². The first kappa shape index (κ1) is 25.5. The summed E-state index contributed by atoms with van der Waals surface area (Å²) in [5.41, 5.74) is -2.19. The van der Waals surface area contributed by atoms with E-state index in [1.165, 1.54) is 6.07 Å². The van der Waals surface area contributed by atoms with Crippen LogP contribution < -0.4 is 15.5 Å². The average Bonchev–Trinajstić information content (AvgIpc) is 2.81. The Morgan fingerprint density at radius 1 is 1.14 bits per heavy atom. The van der Waals surface area contributed by atoms with Crippen molar-refractivity contribution >= 4 is 46.4 Å². The molecule has 0 radical (unpaired) electrons. The van der Waals surface area contributed by atoms with Crippen LogP contribution in [-0.2, 0) is 25.6 Å². The van der Waals surface area contributed by atoms with Crippen LogP contribution in [0.15, 0.2) is 29.0 Å². The van der Waals surface area contributed by atoms with Crippen LogP contribution in [0.1, 0.15) is 24.0 Å². The molecule has 1 saturated carbocycles. The van der Waals surface area contributed by atoms with Gasteiger partial charge in [0.15, 0.2) is 11.4 Å². The summed E-state index contributed by atoms with van der Waals surface area (Å²) in [6.07, 6.45) is -0.0671. The van der Waals surface area contributed by atoms with E-state index in [9.17, 15) is 39.6 Å². The Morgan fingerprint density at radius 3 is 2.47 bits per heavy atom. The number of hydrogen-bond acceptors (Lipinski definition) is 9. The molecule has 3 aliphatic rings. The van der Waals surface area contributed by atoms with Crippen molar-refractivity contribution < 1.29 is 39.6 Å². The Balaban J connectivity index is 1.76. The second kappa shape index (κ2) is 9.14. The normalized spacial score (nSPS) is 25.1. The summed E-state index contributed by atoms with van der Waals surface area (Å²) in [5, 5.41) is 48.4. The summed E-state index contributed by atoms with van der Waals surface area (Å²) in [5.74, 6) is -7.32. The molecule has 2 amide bonds. The fourth-order valence-electron chi connectivity index (χ4n) is 5.36. The number of Topliss-reactive ketones (excluding diaryl/α,β-unsaturated/α-hetero) is 2. The standard InChI is InChI=1S/C24H26ClN3O8/c1-28(2)13-3-4-14(29)18-12(13)6-10-5-11-7-15(30)19(23(35)27-9-26-16(31)8-25)22(34)24(11,36)21(33)17(10)20(18)32/h3-4,10-11,29,32,34,36H,5-9H2,1-2H3,(H,26,31)(H,27,35)/t10-,11+,24+/m1/s1. The predicted molar refractivity (Wildman–Crippen MR) is 128 cm³/mol. The lowest BCUT2D eigenvalue weighted by Gasteiger charge is -2.46. The number of rotatable bonds is 5. The number of fused-ring (bicyclic) bond motifs is 3. The number of halogens is 1. The highest BCUT2D eigenvalue weighted by Gasteiger charge is 2.60. The predicted octanol–water partition coefficient (Wildman–Crippen LogP) is 0.433. The first-order valence-corrected chi connectivity index (χ1v) is 11.8. The number of alkyl halides is 1. The molecule has 0 aliphatic heterocycles. The Kier molecular flexibility index (Phi) is 6.48. The molecule has 0 heterocycles. The molecular weight excluding hydrogens is 494 g/mol. The topological polar surface area (TPSA) is 176 Å². The van der Waals surface area contributed by atoms with Gasteiger partial charge in [0, 0.05) is 37.7 Å². The number of phenolic OH excluding ortho intramolecular Hbond substituents is 1. The summed E-state index contributed by atoms with van der Waals surface area (Å²) in [4.78, 5) is 52.1. The fourth-order valence-corrected chi connectivity index (χ4v) is 5.46. The van der Waals surface area contributed by atoms with Gasteiger partial charge in [0.2, 0.25) is 11.7 Å². The van der Waals surface area contributed by atoms with Crippen LogP contribution in [0.3, 0.4) is 0 Å². The molecule has 3 aliphatic carbocycles. The zero-order valence-corrected chi connectivity index (χ0v) is 20.3. The maximum Gasteiger partial charge on any atom is 0.259 e. The second-order valence-electron chi connectivity index (χ2n) is 9.31. The van der Waals surface area contributed by atoms with Crippen molar-refractivity contribution in [2.45, 2.75) is 24.9 Å². The van der Waals surface area contributed by atoms with Gasteiger partial charge in [0.1, 0.15) is 28.7 Å². The number of aliphatic hydroxyl groups excluding tert-OH is 2. The van der Waals surface area contributed by atoms with Gasteiger partial charge in [0.05, 0.1) is 12.2 Å². The van der Waals surface area contributed by atoms with Gasteiger partial charge in [-0.25, -0.2) is 0 Å².